The van der Waals surface area contributed by atoms with E-state index in [2.05, 4.69) is 70.9 Å². The minimum absolute atomic E-state index is 0.100. The molecule has 1 heterocycles. The highest BCUT2D eigenvalue weighted by atomic mass is 16.4. The van der Waals surface area contributed by atoms with Gasteiger partial charge in [0.1, 0.15) is 0 Å². The standard InChI is InChI=1S/C26H29N3O/c1-18-6-3-4-9-24(18)25(17-26(29-30)21-14-15-27-19(2)16-21)20-10-12-23(13-11-20)28-22-7-5-8-22/h3-4,6,9-16,22,25,28,30H,5,7-8,17H2,1-2H3/b29-26+/t25-/m1/s1. The summed E-state index contributed by atoms with van der Waals surface area (Å²) in [7, 11) is 0. The molecule has 0 aliphatic heterocycles. The van der Waals surface area contributed by atoms with E-state index in [1.807, 2.05) is 19.1 Å². The lowest BCUT2D eigenvalue weighted by molar-refractivity contribution is 0.317. The Labute approximate surface area is 178 Å². The molecule has 4 heteroatoms. The van der Waals surface area contributed by atoms with Crippen LogP contribution in [0.25, 0.3) is 0 Å². The Morgan fingerprint density at radius 2 is 1.87 bits per heavy atom. The summed E-state index contributed by atoms with van der Waals surface area (Å²) in [5.74, 6) is 0.100. The Balaban J connectivity index is 1.65. The third-order valence-corrected chi connectivity index (χ3v) is 6.10. The van der Waals surface area contributed by atoms with E-state index < -0.39 is 0 Å². The number of aryl methyl sites for hydroxylation is 2. The second kappa shape index (κ2) is 9.12. The van der Waals surface area contributed by atoms with E-state index in [0.29, 0.717) is 18.2 Å². The summed E-state index contributed by atoms with van der Waals surface area (Å²) in [4.78, 5) is 4.27. The fourth-order valence-corrected chi connectivity index (χ4v) is 4.12. The van der Waals surface area contributed by atoms with Crippen LogP contribution in [0.4, 0.5) is 5.69 Å². The molecule has 3 aromatic rings. The number of rotatable bonds is 7. The molecule has 0 saturated heterocycles. The number of benzene rings is 2. The van der Waals surface area contributed by atoms with Gasteiger partial charge in [0.2, 0.25) is 0 Å². The van der Waals surface area contributed by atoms with Crippen molar-refractivity contribution in [1.29, 1.82) is 0 Å². The second-order valence-corrected chi connectivity index (χ2v) is 8.24. The van der Waals surface area contributed by atoms with Crippen molar-refractivity contribution in [2.75, 3.05) is 5.32 Å². The smallest absolute Gasteiger partial charge is 0.0878 e. The molecule has 0 spiro atoms. The molecule has 1 saturated carbocycles. The molecule has 1 aliphatic rings. The predicted molar refractivity (Wildman–Crippen MR) is 123 cm³/mol. The Bertz CT molecular complexity index is 1020. The Hall–Kier alpha value is -3.14. The van der Waals surface area contributed by atoms with E-state index in [4.69, 9.17) is 0 Å². The van der Waals surface area contributed by atoms with Crippen LogP contribution in [0, 0.1) is 13.8 Å². The van der Waals surface area contributed by atoms with Gasteiger partial charge >= 0.3 is 0 Å². The third-order valence-electron chi connectivity index (χ3n) is 6.10. The van der Waals surface area contributed by atoms with Crippen molar-refractivity contribution in [3.05, 3.63) is 94.8 Å². The first kappa shape index (κ1) is 20.1. The largest absolute Gasteiger partial charge is 0.411 e. The van der Waals surface area contributed by atoms with E-state index in [-0.39, 0.29) is 5.92 Å². The van der Waals surface area contributed by atoms with Crippen LogP contribution in [-0.4, -0.2) is 21.9 Å². The second-order valence-electron chi connectivity index (χ2n) is 8.24. The summed E-state index contributed by atoms with van der Waals surface area (Å²) in [5.41, 5.74) is 7.37. The molecule has 1 aliphatic carbocycles. The molecule has 0 unspecified atom stereocenters. The van der Waals surface area contributed by atoms with E-state index in [0.717, 1.165) is 11.3 Å². The number of oxime groups is 1. The maximum absolute atomic E-state index is 9.82. The molecule has 0 amide bonds. The van der Waals surface area contributed by atoms with Gasteiger partial charge in [0, 0.05) is 41.5 Å². The van der Waals surface area contributed by atoms with Crippen LogP contribution in [0.3, 0.4) is 0 Å². The first-order valence-corrected chi connectivity index (χ1v) is 10.7. The third kappa shape index (κ3) is 4.54. The summed E-state index contributed by atoms with van der Waals surface area (Å²) in [6.07, 6.45) is 6.22. The highest BCUT2D eigenvalue weighted by molar-refractivity contribution is 6.01. The van der Waals surface area contributed by atoms with Crippen LogP contribution in [-0.2, 0) is 0 Å². The van der Waals surface area contributed by atoms with E-state index in [1.54, 1.807) is 6.20 Å². The van der Waals surface area contributed by atoms with Gasteiger partial charge in [0.05, 0.1) is 5.71 Å². The summed E-state index contributed by atoms with van der Waals surface area (Å²) >= 11 is 0. The lowest BCUT2D eigenvalue weighted by Gasteiger charge is -2.28. The van der Waals surface area contributed by atoms with Crippen LogP contribution in [0.5, 0.6) is 0 Å². The zero-order valence-corrected chi connectivity index (χ0v) is 17.7. The van der Waals surface area contributed by atoms with Crippen molar-refractivity contribution in [1.82, 2.24) is 4.98 Å². The summed E-state index contributed by atoms with van der Waals surface area (Å²) in [6.45, 7) is 4.09. The number of hydrogen-bond donors (Lipinski definition) is 2. The van der Waals surface area contributed by atoms with Gasteiger partial charge in [-0.05, 0) is 74.1 Å². The van der Waals surface area contributed by atoms with Gasteiger partial charge < -0.3 is 10.5 Å². The van der Waals surface area contributed by atoms with Crippen LogP contribution in [0.15, 0.2) is 72.0 Å². The van der Waals surface area contributed by atoms with Gasteiger partial charge in [0.25, 0.3) is 0 Å². The summed E-state index contributed by atoms with van der Waals surface area (Å²) in [6, 6.07) is 21.7. The lowest BCUT2D eigenvalue weighted by Crippen LogP contribution is -2.26. The molecule has 0 radical (unpaired) electrons. The molecule has 1 aromatic heterocycles. The highest BCUT2D eigenvalue weighted by Gasteiger charge is 2.21. The molecule has 2 aromatic carbocycles. The first-order chi connectivity index (χ1) is 14.6. The van der Waals surface area contributed by atoms with Gasteiger partial charge in [-0.2, -0.15) is 0 Å². The number of aromatic nitrogens is 1. The topological polar surface area (TPSA) is 57.5 Å². The van der Waals surface area contributed by atoms with Crippen molar-refractivity contribution in [3.8, 4) is 0 Å². The molecule has 2 N–H and O–H groups in total. The maximum atomic E-state index is 9.82. The van der Waals surface area contributed by atoms with Crippen LogP contribution >= 0.6 is 0 Å². The van der Waals surface area contributed by atoms with E-state index in [1.165, 1.54) is 41.6 Å². The number of anilines is 1. The van der Waals surface area contributed by atoms with E-state index >= 15 is 0 Å². The lowest BCUT2D eigenvalue weighted by atomic mass is 9.83. The minimum Gasteiger partial charge on any atom is -0.411 e. The first-order valence-electron chi connectivity index (χ1n) is 10.7. The van der Waals surface area contributed by atoms with Crippen molar-refractivity contribution in [3.63, 3.8) is 0 Å². The monoisotopic (exact) mass is 399 g/mol. The molecule has 4 nitrogen and oxygen atoms in total. The van der Waals surface area contributed by atoms with Gasteiger partial charge in [-0.3, -0.25) is 4.98 Å². The van der Waals surface area contributed by atoms with Gasteiger partial charge in [0.15, 0.2) is 0 Å². The van der Waals surface area contributed by atoms with Crippen molar-refractivity contribution in [2.45, 2.75) is 51.5 Å². The molecular formula is C26H29N3O. The molecule has 4 rings (SSSR count). The average Bonchev–Trinajstić information content (AvgIpc) is 2.73. The molecule has 1 fully saturated rings. The molecule has 0 bridgehead atoms. The molecular weight excluding hydrogens is 370 g/mol. The summed E-state index contributed by atoms with van der Waals surface area (Å²) < 4.78 is 0. The van der Waals surface area contributed by atoms with Gasteiger partial charge in [-0.25, -0.2) is 0 Å². The Morgan fingerprint density at radius 3 is 2.50 bits per heavy atom. The fraction of sp³-hybridized carbons (Fsp3) is 0.308. The Morgan fingerprint density at radius 1 is 1.10 bits per heavy atom. The van der Waals surface area contributed by atoms with Crippen LogP contribution in [0.1, 0.15) is 59.5 Å². The quantitative estimate of drug-likeness (QED) is 0.288. The number of pyridine rings is 1. The number of nitrogens with one attached hydrogen (secondary N) is 1. The summed E-state index contributed by atoms with van der Waals surface area (Å²) in [5, 5.41) is 17.1. The molecule has 1 atom stereocenters. The predicted octanol–water partition coefficient (Wildman–Crippen LogP) is 6.06. The normalized spacial score (nSPS) is 15.5. The maximum Gasteiger partial charge on any atom is 0.0878 e. The molecule has 154 valence electrons. The van der Waals surface area contributed by atoms with Crippen LogP contribution < -0.4 is 5.32 Å². The zero-order valence-electron chi connectivity index (χ0n) is 17.7. The van der Waals surface area contributed by atoms with Gasteiger partial charge in [-0.15, -0.1) is 0 Å². The van der Waals surface area contributed by atoms with Crippen molar-refractivity contribution >= 4 is 11.4 Å². The average molecular weight is 400 g/mol. The van der Waals surface area contributed by atoms with Crippen molar-refractivity contribution < 1.29 is 5.21 Å². The highest BCUT2D eigenvalue weighted by Crippen LogP contribution is 2.33. The zero-order chi connectivity index (χ0) is 20.9. The molecule has 30 heavy (non-hydrogen) atoms. The van der Waals surface area contributed by atoms with Gasteiger partial charge in [-0.1, -0.05) is 41.6 Å². The number of nitrogens with zero attached hydrogens (tertiary/aromatic N) is 2. The van der Waals surface area contributed by atoms with Crippen molar-refractivity contribution in [2.24, 2.45) is 5.16 Å². The SMILES string of the molecule is Cc1cc(/C(C[C@H](c2ccc(NC3CCC3)cc2)c2ccccc2C)=N/O)ccn1. The Kier molecular flexibility index (Phi) is 6.12. The van der Waals surface area contributed by atoms with Crippen LogP contribution in [0.2, 0.25) is 0 Å². The minimum atomic E-state index is 0.100. The number of hydrogen-bond acceptors (Lipinski definition) is 4. The van der Waals surface area contributed by atoms with E-state index in [9.17, 15) is 5.21 Å². The fourth-order valence-electron chi connectivity index (χ4n) is 4.12.